The second-order valence-electron chi connectivity index (χ2n) is 5.31. The number of carbonyl (C=O) groups is 1. The van der Waals surface area contributed by atoms with Crippen LogP contribution in [0.5, 0.6) is 0 Å². The molecule has 0 spiro atoms. The van der Waals surface area contributed by atoms with Gasteiger partial charge in [-0.3, -0.25) is 4.79 Å². The first-order chi connectivity index (χ1) is 9.22. The Morgan fingerprint density at radius 2 is 2.32 bits per heavy atom. The number of nitrogens with zero attached hydrogens (tertiary/aromatic N) is 1. The number of nitrogens with one attached hydrogen (secondary N) is 2. The smallest absolute Gasteiger partial charge is 0.255 e. The van der Waals surface area contributed by atoms with E-state index in [1.54, 1.807) is 6.20 Å². The molecule has 1 aromatic rings. The molecule has 1 amide bonds. The highest BCUT2D eigenvalue weighted by Gasteiger charge is 2.25. The van der Waals surface area contributed by atoms with Gasteiger partial charge >= 0.3 is 0 Å². The maximum absolute atomic E-state index is 12.3. The SMILES string of the molecule is CCCNc1ncccc1C(=O)NC1CCCC1C. The Hall–Kier alpha value is -1.58. The Labute approximate surface area is 115 Å². The number of carbonyl (C=O) groups excluding carboxylic acids is 1. The van der Waals surface area contributed by atoms with E-state index in [1.165, 1.54) is 12.8 Å². The highest BCUT2D eigenvalue weighted by Crippen LogP contribution is 2.25. The second-order valence-corrected chi connectivity index (χ2v) is 5.31. The predicted molar refractivity (Wildman–Crippen MR) is 77.3 cm³/mol. The van der Waals surface area contributed by atoms with Crippen LogP contribution in [0.3, 0.4) is 0 Å². The lowest BCUT2D eigenvalue weighted by Crippen LogP contribution is -2.36. The molecule has 0 aromatic carbocycles. The Bertz CT molecular complexity index is 433. The van der Waals surface area contributed by atoms with Gasteiger partial charge in [0, 0.05) is 18.8 Å². The van der Waals surface area contributed by atoms with Gasteiger partial charge in [-0.25, -0.2) is 4.98 Å². The minimum atomic E-state index is -0.00884. The molecular weight excluding hydrogens is 238 g/mol. The van der Waals surface area contributed by atoms with Crippen molar-refractivity contribution in [1.82, 2.24) is 10.3 Å². The van der Waals surface area contributed by atoms with Gasteiger partial charge in [0.15, 0.2) is 0 Å². The number of rotatable bonds is 5. The summed E-state index contributed by atoms with van der Waals surface area (Å²) >= 11 is 0. The van der Waals surface area contributed by atoms with Crippen LogP contribution in [0.1, 0.15) is 49.9 Å². The molecule has 2 unspecified atom stereocenters. The molecule has 2 N–H and O–H groups in total. The largest absolute Gasteiger partial charge is 0.369 e. The molecule has 104 valence electrons. The monoisotopic (exact) mass is 261 g/mol. The number of pyridine rings is 1. The van der Waals surface area contributed by atoms with Crippen molar-refractivity contribution in [3.05, 3.63) is 23.9 Å². The third-order valence-corrected chi connectivity index (χ3v) is 3.77. The zero-order valence-electron chi connectivity index (χ0n) is 11.8. The Kier molecular flexibility index (Phi) is 4.77. The third-order valence-electron chi connectivity index (χ3n) is 3.77. The minimum absolute atomic E-state index is 0.00884. The number of aromatic nitrogens is 1. The summed E-state index contributed by atoms with van der Waals surface area (Å²) in [6, 6.07) is 3.95. The number of hydrogen-bond donors (Lipinski definition) is 2. The molecule has 4 nitrogen and oxygen atoms in total. The Morgan fingerprint density at radius 3 is 3.00 bits per heavy atom. The minimum Gasteiger partial charge on any atom is -0.369 e. The molecule has 1 aromatic heterocycles. The van der Waals surface area contributed by atoms with Crippen LogP contribution in [0.15, 0.2) is 18.3 Å². The highest BCUT2D eigenvalue weighted by atomic mass is 16.1. The summed E-state index contributed by atoms with van der Waals surface area (Å²) in [7, 11) is 0. The van der Waals surface area contributed by atoms with Gasteiger partial charge < -0.3 is 10.6 Å². The average molecular weight is 261 g/mol. The molecule has 0 radical (unpaired) electrons. The molecule has 2 rings (SSSR count). The van der Waals surface area contributed by atoms with Crippen molar-refractivity contribution in [2.24, 2.45) is 5.92 Å². The van der Waals surface area contributed by atoms with Crippen molar-refractivity contribution in [2.45, 2.75) is 45.6 Å². The van der Waals surface area contributed by atoms with E-state index in [9.17, 15) is 4.79 Å². The van der Waals surface area contributed by atoms with Crippen LogP contribution in [0.4, 0.5) is 5.82 Å². The molecule has 0 saturated heterocycles. The zero-order chi connectivity index (χ0) is 13.7. The molecule has 1 aliphatic rings. The van der Waals surface area contributed by atoms with E-state index in [0.717, 1.165) is 19.4 Å². The van der Waals surface area contributed by atoms with Crippen molar-refractivity contribution in [3.8, 4) is 0 Å². The molecule has 19 heavy (non-hydrogen) atoms. The molecule has 1 fully saturated rings. The quantitative estimate of drug-likeness (QED) is 0.857. The molecule has 1 heterocycles. The van der Waals surface area contributed by atoms with E-state index in [-0.39, 0.29) is 5.91 Å². The molecule has 4 heteroatoms. The topological polar surface area (TPSA) is 54.0 Å². The van der Waals surface area contributed by atoms with E-state index < -0.39 is 0 Å². The van der Waals surface area contributed by atoms with E-state index in [0.29, 0.717) is 23.3 Å². The summed E-state index contributed by atoms with van der Waals surface area (Å²) in [5.41, 5.74) is 0.648. The fraction of sp³-hybridized carbons (Fsp3) is 0.600. The first-order valence-corrected chi connectivity index (χ1v) is 7.22. The summed E-state index contributed by atoms with van der Waals surface area (Å²) in [5.74, 6) is 1.26. The lowest BCUT2D eigenvalue weighted by Gasteiger charge is -2.18. The van der Waals surface area contributed by atoms with Crippen LogP contribution in [0.2, 0.25) is 0 Å². The zero-order valence-corrected chi connectivity index (χ0v) is 11.8. The van der Waals surface area contributed by atoms with E-state index in [1.807, 2.05) is 12.1 Å². The fourth-order valence-corrected chi connectivity index (χ4v) is 2.58. The number of amides is 1. The number of anilines is 1. The van der Waals surface area contributed by atoms with E-state index in [4.69, 9.17) is 0 Å². The van der Waals surface area contributed by atoms with Crippen molar-refractivity contribution in [3.63, 3.8) is 0 Å². The molecule has 1 saturated carbocycles. The van der Waals surface area contributed by atoms with Crippen LogP contribution in [-0.4, -0.2) is 23.5 Å². The number of hydrogen-bond acceptors (Lipinski definition) is 3. The molecule has 0 bridgehead atoms. The first-order valence-electron chi connectivity index (χ1n) is 7.22. The summed E-state index contributed by atoms with van der Waals surface area (Å²) in [6.07, 6.45) is 6.23. The van der Waals surface area contributed by atoms with E-state index in [2.05, 4.69) is 29.5 Å². The molecule has 2 atom stereocenters. The molecule has 0 aliphatic heterocycles. The van der Waals surface area contributed by atoms with Gasteiger partial charge in [-0.15, -0.1) is 0 Å². The highest BCUT2D eigenvalue weighted by molar-refractivity contribution is 5.98. The van der Waals surface area contributed by atoms with Crippen LogP contribution >= 0.6 is 0 Å². The van der Waals surface area contributed by atoms with Crippen LogP contribution in [-0.2, 0) is 0 Å². The molecular formula is C15H23N3O. The fourth-order valence-electron chi connectivity index (χ4n) is 2.58. The lowest BCUT2D eigenvalue weighted by molar-refractivity contribution is 0.0930. The molecule has 1 aliphatic carbocycles. The van der Waals surface area contributed by atoms with E-state index >= 15 is 0 Å². The normalized spacial score (nSPS) is 22.2. The Morgan fingerprint density at radius 1 is 1.47 bits per heavy atom. The first kappa shape index (κ1) is 13.8. The van der Waals surface area contributed by atoms with Gasteiger partial charge in [0.2, 0.25) is 0 Å². The summed E-state index contributed by atoms with van der Waals surface area (Å²) in [6.45, 7) is 5.13. The Balaban J connectivity index is 2.05. The summed E-state index contributed by atoms with van der Waals surface area (Å²) < 4.78 is 0. The lowest BCUT2D eigenvalue weighted by atomic mass is 10.1. The van der Waals surface area contributed by atoms with Crippen molar-refractivity contribution < 1.29 is 4.79 Å². The summed E-state index contributed by atoms with van der Waals surface area (Å²) in [5, 5.41) is 6.35. The van der Waals surface area contributed by atoms with Gasteiger partial charge in [0.25, 0.3) is 5.91 Å². The van der Waals surface area contributed by atoms with Gasteiger partial charge in [-0.1, -0.05) is 20.3 Å². The standard InChI is InChI=1S/C15H23N3O/c1-3-9-16-14-12(7-5-10-17-14)15(19)18-13-8-4-6-11(13)2/h5,7,10-11,13H,3-4,6,8-9H2,1-2H3,(H,16,17)(H,18,19). The van der Waals surface area contributed by atoms with Crippen molar-refractivity contribution in [2.75, 3.05) is 11.9 Å². The van der Waals surface area contributed by atoms with Crippen LogP contribution in [0, 0.1) is 5.92 Å². The van der Waals surface area contributed by atoms with Gasteiger partial charge in [0.05, 0.1) is 5.56 Å². The maximum atomic E-state index is 12.3. The third kappa shape index (κ3) is 3.46. The average Bonchev–Trinajstić information content (AvgIpc) is 2.82. The van der Waals surface area contributed by atoms with Gasteiger partial charge in [0.1, 0.15) is 5.82 Å². The summed E-state index contributed by atoms with van der Waals surface area (Å²) in [4.78, 5) is 16.6. The van der Waals surface area contributed by atoms with Crippen molar-refractivity contribution >= 4 is 11.7 Å². The van der Waals surface area contributed by atoms with Gasteiger partial charge in [-0.2, -0.15) is 0 Å². The van der Waals surface area contributed by atoms with Gasteiger partial charge in [-0.05, 0) is 37.3 Å². The van der Waals surface area contributed by atoms with Crippen molar-refractivity contribution in [1.29, 1.82) is 0 Å². The maximum Gasteiger partial charge on any atom is 0.255 e. The predicted octanol–water partition coefficient (Wildman–Crippen LogP) is 2.82. The van der Waals surface area contributed by atoms with Crippen LogP contribution < -0.4 is 10.6 Å². The second kappa shape index (κ2) is 6.55. The van der Waals surface area contributed by atoms with Crippen LogP contribution in [0.25, 0.3) is 0 Å².